The first-order valence-corrected chi connectivity index (χ1v) is 9.55. The van der Waals surface area contributed by atoms with Gasteiger partial charge in [-0.15, -0.1) is 0 Å². The molecule has 6 heteroatoms. The van der Waals surface area contributed by atoms with Crippen molar-refractivity contribution < 1.29 is 10.1 Å². The molecule has 1 amide bonds. The van der Waals surface area contributed by atoms with Crippen LogP contribution in [0.4, 0.5) is 5.69 Å². The fourth-order valence-electron chi connectivity index (χ4n) is 2.83. The molecule has 3 aromatic rings. The highest BCUT2D eigenvalue weighted by Gasteiger charge is 2.19. The fraction of sp³-hybridized carbons (Fsp3) is 0.0952. The third kappa shape index (κ3) is 5.24. The van der Waals surface area contributed by atoms with Crippen molar-refractivity contribution in [3.8, 4) is 0 Å². The summed E-state index contributed by atoms with van der Waals surface area (Å²) < 4.78 is 0. The first-order chi connectivity index (χ1) is 13.0. The molecule has 0 radical (unpaired) electrons. The minimum atomic E-state index is -0.174. The number of nitrogens with two attached hydrogens (primary N) is 1. The quantitative estimate of drug-likeness (QED) is 0.545. The van der Waals surface area contributed by atoms with Gasteiger partial charge in [-0.3, -0.25) is 4.79 Å². The summed E-state index contributed by atoms with van der Waals surface area (Å²) in [7, 11) is 0. The summed E-state index contributed by atoms with van der Waals surface area (Å²) in [5.74, 6) is -0.174. The summed E-state index contributed by atoms with van der Waals surface area (Å²) in [5, 5.41) is 5.82. The van der Waals surface area contributed by atoms with Gasteiger partial charge in [0.1, 0.15) is 6.04 Å². The average molecular weight is 421 g/mol. The van der Waals surface area contributed by atoms with E-state index in [2.05, 4.69) is 29.6 Å². The molecule has 0 aliphatic rings. The van der Waals surface area contributed by atoms with Crippen LogP contribution in [0.3, 0.4) is 0 Å². The van der Waals surface area contributed by atoms with Crippen LogP contribution in [0.2, 0.25) is 15.1 Å². The predicted molar refractivity (Wildman–Crippen MR) is 112 cm³/mol. The van der Waals surface area contributed by atoms with Gasteiger partial charge in [0.25, 0.3) is 5.91 Å². The van der Waals surface area contributed by atoms with Crippen molar-refractivity contribution in [2.75, 3.05) is 11.9 Å². The molecule has 0 saturated heterocycles. The second-order valence-corrected chi connectivity index (χ2v) is 7.25. The van der Waals surface area contributed by atoms with E-state index < -0.39 is 0 Å². The number of nitrogens with one attached hydrogen (secondary N) is 1. The van der Waals surface area contributed by atoms with Gasteiger partial charge in [0.2, 0.25) is 0 Å². The van der Waals surface area contributed by atoms with E-state index in [1.54, 1.807) is 6.07 Å². The molecule has 3 nitrogen and oxygen atoms in total. The van der Waals surface area contributed by atoms with Gasteiger partial charge < -0.3 is 10.6 Å². The Morgan fingerprint density at radius 1 is 0.815 bits per heavy atom. The Morgan fingerprint density at radius 3 is 1.89 bits per heavy atom. The number of anilines is 1. The van der Waals surface area contributed by atoms with Gasteiger partial charge in [0, 0.05) is 11.1 Å². The van der Waals surface area contributed by atoms with Crippen LogP contribution in [-0.2, 0) is 4.79 Å². The highest BCUT2D eigenvalue weighted by atomic mass is 35.5. The lowest BCUT2D eigenvalue weighted by molar-refractivity contribution is -0.676. The molecule has 0 aromatic heterocycles. The normalized spacial score (nSPS) is 10.8. The van der Waals surface area contributed by atoms with E-state index in [1.165, 1.54) is 6.07 Å². The minimum Gasteiger partial charge on any atom is -0.328 e. The lowest BCUT2D eigenvalue weighted by atomic mass is 9.99. The minimum absolute atomic E-state index is 0.0161. The topological polar surface area (TPSA) is 45.7 Å². The van der Waals surface area contributed by atoms with Crippen LogP contribution in [0, 0.1) is 0 Å². The molecule has 3 N–H and O–H groups in total. The Bertz CT molecular complexity index is 878. The first kappa shape index (κ1) is 19.7. The van der Waals surface area contributed by atoms with Crippen molar-refractivity contribution in [1.29, 1.82) is 0 Å². The molecule has 138 valence electrons. The van der Waals surface area contributed by atoms with Crippen LogP contribution >= 0.6 is 34.8 Å². The maximum absolute atomic E-state index is 12.5. The molecule has 0 heterocycles. The van der Waals surface area contributed by atoms with Crippen molar-refractivity contribution in [3.63, 3.8) is 0 Å². The van der Waals surface area contributed by atoms with E-state index in [9.17, 15) is 4.79 Å². The number of amides is 1. The van der Waals surface area contributed by atoms with E-state index in [-0.39, 0.29) is 18.5 Å². The van der Waals surface area contributed by atoms with Crippen molar-refractivity contribution in [2.24, 2.45) is 0 Å². The number of benzene rings is 3. The Balaban J connectivity index is 1.72. The van der Waals surface area contributed by atoms with Gasteiger partial charge in [0.15, 0.2) is 6.54 Å². The van der Waals surface area contributed by atoms with Crippen LogP contribution in [0.1, 0.15) is 17.2 Å². The SMILES string of the molecule is O=C(C[NH2+]C(c1ccccc1)c1ccccc1)Nc1cc(Cl)c(Cl)cc1Cl. The molecule has 27 heavy (non-hydrogen) atoms. The molecule has 0 fully saturated rings. The third-order valence-corrected chi connectivity index (χ3v) is 5.18. The molecular weight excluding hydrogens is 403 g/mol. The molecule has 0 atom stereocenters. The number of carbonyl (C=O) groups excluding carboxylic acids is 1. The summed E-state index contributed by atoms with van der Waals surface area (Å²) in [5.41, 5.74) is 2.70. The van der Waals surface area contributed by atoms with Crippen molar-refractivity contribution in [2.45, 2.75) is 6.04 Å². The third-order valence-electron chi connectivity index (χ3n) is 4.14. The molecule has 0 unspecified atom stereocenters. The zero-order valence-electron chi connectivity index (χ0n) is 14.3. The zero-order chi connectivity index (χ0) is 19.2. The highest BCUT2D eigenvalue weighted by molar-refractivity contribution is 6.44. The van der Waals surface area contributed by atoms with Crippen LogP contribution in [0.5, 0.6) is 0 Å². The maximum Gasteiger partial charge on any atom is 0.279 e. The summed E-state index contributed by atoms with van der Waals surface area (Å²) in [6.07, 6.45) is 0. The Labute approximate surface area is 173 Å². The van der Waals surface area contributed by atoms with E-state index in [4.69, 9.17) is 34.8 Å². The molecule has 0 spiro atoms. The van der Waals surface area contributed by atoms with Gasteiger partial charge in [-0.2, -0.15) is 0 Å². The van der Waals surface area contributed by atoms with Gasteiger partial charge in [0.05, 0.1) is 20.8 Å². The number of halogens is 3. The summed E-state index contributed by atoms with van der Waals surface area (Å²) >= 11 is 18.1. The van der Waals surface area contributed by atoms with Crippen LogP contribution in [0.25, 0.3) is 0 Å². The van der Waals surface area contributed by atoms with E-state index in [0.717, 1.165) is 11.1 Å². The second kappa shape index (κ2) is 9.25. The van der Waals surface area contributed by atoms with Gasteiger partial charge in [-0.05, 0) is 12.1 Å². The highest BCUT2D eigenvalue weighted by Crippen LogP contribution is 2.32. The monoisotopic (exact) mass is 419 g/mol. The number of hydrogen-bond acceptors (Lipinski definition) is 1. The average Bonchev–Trinajstić information content (AvgIpc) is 2.68. The lowest BCUT2D eigenvalue weighted by Gasteiger charge is -2.16. The van der Waals surface area contributed by atoms with E-state index >= 15 is 0 Å². The van der Waals surface area contributed by atoms with Crippen molar-refractivity contribution in [3.05, 3.63) is 99.0 Å². The number of quaternary nitrogens is 1. The molecule has 3 aromatic carbocycles. The van der Waals surface area contributed by atoms with Gasteiger partial charge in [-0.1, -0.05) is 95.5 Å². The van der Waals surface area contributed by atoms with Crippen LogP contribution < -0.4 is 10.6 Å². The van der Waals surface area contributed by atoms with Crippen LogP contribution in [-0.4, -0.2) is 12.5 Å². The van der Waals surface area contributed by atoms with Gasteiger partial charge >= 0.3 is 0 Å². The zero-order valence-corrected chi connectivity index (χ0v) is 16.6. The van der Waals surface area contributed by atoms with Crippen molar-refractivity contribution >= 4 is 46.4 Å². The molecule has 0 bridgehead atoms. The molecule has 0 aliphatic carbocycles. The van der Waals surface area contributed by atoms with Crippen molar-refractivity contribution in [1.82, 2.24) is 0 Å². The van der Waals surface area contributed by atoms with E-state index in [0.29, 0.717) is 20.8 Å². The second-order valence-electron chi connectivity index (χ2n) is 6.03. The smallest absolute Gasteiger partial charge is 0.279 e. The number of rotatable bonds is 6. The first-order valence-electron chi connectivity index (χ1n) is 8.42. The fourth-order valence-corrected chi connectivity index (χ4v) is 3.42. The summed E-state index contributed by atoms with van der Waals surface area (Å²) in [6, 6.07) is 23.2. The Morgan fingerprint density at radius 2 is 1.33 bits per heavy atom. The Hall–Kier alpha value is -2.04. The lowest BCUT2D eigenvalue weighted by Crippen LogP contribution is -2.87. The molecule has 0 aliphatic heterocycles. The number of hydrogen-bond donors (Lipinski definition) is 2. The molecular formula is C21H18Cl3N2O+. The summed E-state index contributed by atoms with van der Waals surface area (Å²) in [6.45, 7) is 0.227. The molecule has 0 saturated carbocycles. The Kier molecular flexibility index (Phi) is 6.75. The number of carbonyl (C=O) groups is 1. The van der Waals surface area contributed by atoms with Crippen LogP contribution in [0.15, 0.2) is 72.8 Å². The maximum atomic E-state index is 12.5. The summed E-state index contributed by atoms with van der Waals surface area (Å²) in [4.78, 5) is 12.5. The predicted octanol–water partition coefficient (Wildman–Crippen LogP) is 4.94. The molecule has 3 rings (SSSR count). The van der Waals surface area contributed by atoms with Gasteiger partial charge in [-0.25, -0.2) is 0 Å². The largest absolute Gasteiger partial charge is 0.328 e. The van der Waals surface area contributed by atoms with E-state index in [1.807, 2.05) is 41.7 Å². The standard InChI is InChI=1S/C21H17Cl3N2O/c22-16-11-18(24)19(12-17(16)23)26-20(27)13-25-21(14-7-3-1-4-8-14)15-9-5-2-6-10-15/h1-12,21,25H,13H2,(H,26,27)/p+1.